The smallest absolute Gasteiger partial charge is 0.459 e. The van der Waals surface area contributed by atoms with Crippen LogP contribution in [-0.4, -0.2) is 72.0 Å². The van der Waals surface area contributed by atoms with E-state index in [0.29, 0.717) is 12.2 Å². The van der Waals surface area contributed by atoms with Crippen LogP contribution in [0.15, 0.2) is 37.5 Å². The molecule has 2 atom stereocenters. The molecule has 0 N–H and O–H groups in total. The van der Waals surface area contributed by atoms with Crippen molar-refractivity contribution in [3.8, 4) is 0 Å². The van der Waals surface area contributed by atoms with E-state index in [1.165, 1.54) is 0 Å². The summed E-state index contributed by atoms with van der Waals surface area (Å²) in [7, 11) is 0. The molecular formula is C22H18F18O4. The van der Waals surface area contributed by atoms with Crippen molar-refractivity contribution in [1.82, 2.24) is 0 Å². The largest absolute Gasteiger partial charge is 0.460 e. The highest BCUT2D eigenvalue weighted by molar-refractivity contribution is 5.91. The number of hydrogen-bond donors (Lipinski definition) is 0. The third-order valence-electron chi connectivity index (χ3n) is 5.17. The third-order valence-corrected chi connectivity index (χ3v) is 5.17. The lowest BCUT2D eigenvalue weighted by Gasteiger charge is -2.35. The van der Waals surface area contributed by atoms with E-state index in [0.717, 1.165) is 0 Å². The Morgan fingerprint density at radius 3 is 0.955 bits per heavy atom. The zero-order valence-electron chi connectivity index (χ0n) is 21.1. The fourth-order valence-electron chi connectivity index (χ4n) is 2.90. The molecule has 0 rings (SSSR count). The van der Waals surface area contributed by atoms with Crippen LogP contribution in [0, 0.1) is 0 Å². The van der Waals surface area contributed by atoms with Gasteiger partial charge >= 0.3 is 59.8 Å². The van der Waals surface area contributed by atoms with Crippen LogP contribution in [0.2, 0.25) is 0 Å². The topological polar surface area (TPSA) is 52.6 Å². The summed E-state index contributed by atoms with van der Waals surface area (Å²) in [4.78, 5) is 23.5. The van der Waals surface area contributed by atoms with Gasteiger partial charge in [0.2, 0.25) is 0 Å². The van der Waals surface area contributed by atoms with Gasteiger partial charge in [0, 0.05) is 25.0 Å². The highest BCUT2D eigenvalue weighted by Gasteiger charge is 2.82. The summed E-state index contributed by atoms with van der Waals surface area (Å²) in [6.07, 6.45) is -26.4. The molecule has 0 aromatic heterocycles. The average Bonchev–Trinajstić information content (AvgIpc) is 2.80. The number of carbonyl (C=O) groups excluding carboxylic acids is 2. The zero-order valence-corrected chi connectivity index (χ0v) is 21.1. The second-order valence-corrected chi connectivity index (χ2v) is 8.61. The summed E-state index contributed by atoms with van der Waals surface area (Å²) in [5, 5.41) is 0. The number of alkyl halides is 18. The van der Waals surface area contributed by atoms with Crippen LogP contribution in [0.4, 0.5) is 79.0 Å². The first-order valence-electron chi connectivity index (χ1n) is 11.1. The van der Waals surface area contributed by atoms with E-state index in [1.807, 2.05) is 0 Å². The molecule has 0 bridgehead atoms. The molecule has 0 saturated heterocycles. The quantitative estimate of drug-likeness (QED) is 0.0710. The molecule has 2 unspecified atom stereocenters. The Balaban J connectivity index is 5.76. The summed E-state index contributed by atoms with van der Waals surface area (Å²) in [5.74, 6) is -45.2. The molecule has 0 aliphatic rings. The molecule has 0 aliphatic heterocycles. The number of carbonyl (C=O) groups is 2. The second kappa shape index (κ2) is 13.5. The van der Waals surface area contributed by atoms with E-state index in [2.05, 4.69) is 22.6 Å². The lowest BCUT2D eigenvalue weighted by Crippen LogP contribution is -2.61. The lowest BCUT2D eigenvalue weighted by molar-refractivity contribution is -0.398. The molecule has 0 aromatic carbocycles. The normalized spacial score (nSPS) is 16.0. The van der Waals surface area contributed by atoms with Crippen molar-refractivity contribution in [2.24, 2.45) is 0 Å². The van der Waals surface area contributed by atoms with Gasteiger partial charge in [-0.1, -0.05) is 12.2 Å². The molecule has 44 heavy (non-hydrogen) atoms. The van der Waals surface area contributed by atoms with Crippen LogP contribution < -0.4 is 0 Å². The summed E-state index contributed by atoms with van der Waals surface area (Å²) < 4.78 is 243. The van der Waals surface area contributed by atoms with Crippen LogP contribution in [0.1, 0.15) is 25.7 Å². The standard InChI is InChI=1S/C22H18F18O4/c1-3-5-11(9-15(23,24)17(27,28)19(31,32)21(35,36)37)43-13(41)7-8-14(42)44-12(6-4-2)10-16(25,26)18(29,30)20(33,34)22(38,39)40/h3-4,7-8,11-12H,1-2,5-6,9-10H2/b8-7+. The zero-order chi connectivity index (χ0) is 35.4. The first-order chi connectivity index (χ1) is 19.4. The average molecular weight is 688 g/mol. The van der Waals surface area contributed by atoms with E-state index in [9.17, 15) is 88.6 Å². The molecule has 0 heterocycles. The van der Waals surface area contributed by atoms with Gasteiger partial charge in [-0.3, -0.25) is 0 Å². The number of rotatable bonds is 16. The van der Waals surface area contributed by atoms with E-state index in [4.69, 9.17) is 0 Å². The van der Waals surface area contributed by atoms with Crippen LogP contribution in [0.5, 0.6) is 0 Å². The SMILES string of the molecule is C=CCC(CC(F)(F)C(F)(F)C(F)(F)C(F)(F)F)OC(=O)/C=C/C(=O)OC(CC=C)CC(F)(F)C(F)(F)C(F)(F)C(F)(F)F. The van der Waals surface area contributed by atoms with Gasteiger partial charge in [0.1, 0.15) is 12.2 Å². The minimum atomic E-state index is -7.28. The van der Waals surface area contributed by atoms with Crippen molar-refractivity contribution in [2.45, 2.75) is 85.8 Å². The van der Waals surface area contributed by atoms with Gasteiger partial charge in [-0.2, -0.15) is 79.0 Å². The Morgan fingerprint density at radius 2 is 0.750 bits per heavy atom. The van der Waals surface area contributed by atoms with E-state index in [-0.39, 0.29) is 12.2 Å². The second-order valence-electron chi connectivity index (χ2n) is 8.61. The van der Waals surface area contributed by atoms with Crippen molar-refractivity contribution in [1.29, 1.82) is 0 Å². The Bertz CT molecular complexity index is 976. The fraction of sp³-hybridized carbons (Fsp3) is 0.636. The Hall–Kier alpha value is -3.10. The van der Waals surface area contributed by atoms with Crippen molar-refractivity contribution >= 4 is 11.9 Å². The van der Waals surface area contributed by atoms with Gasteiger partial charge < -0.3 is 9.47 Å². The van der Waals surface area contributed by atoms with Crippen LogP contribution in [0.3, 0.4) is 0 Å². The van der Waals surface area contributed by atoms with Crippen LogP contribution in [-0.2, 0) is 19.1 Å². The molecular weight excluding hydrogens is 670 g/mol. The first-order valence-corrected chi connectivity index (χ1v) is 11.1. The van der Waals surface area contributed by atoms with Gasteiger partial charge in [0.15, 0.2) is 0 Å². The predicted octanol–water partition coefficient (Wildman–Crippen LogP) is 8.24. The van der Waals surface area contributed by atoms with Crippen molar-refractivity contribution < 1.29 is 98.1 Å². The van der Waals surface area contributed by atoms with E-state index in [1.54, 1.807) is 0 Å². The maximum Gasteiger partial charge on any atom is 0.460 e. The molecule has 4 nitrogen and oxygen atoms in total. The monoisotopic (exact) mass is 688 g/mol. The van der Waals surface area contributed by atoms with E-state index < -0.39 is 97.7 Å². The maximum atomic E-state index is 13.9. The molecule has 0 aromatic rings. The maximum absolute atomic E-state index is 13.9. The van der Waals surface area contributed by atoms with Crippen LogP contribution in [0.25, 0.3) is 0 Å². The molecule has 0 aliphatic carbocycles. The van der Waals surface area contributed by atoms with Crippen molar-refractivity contribution in [2.75, 3.05) is 0 Å². The summed E-state index contributed by atoms with van der Waals surface area (Å²) >= 11 is 0. The molecule has 256 valence electrons. The lowest BCUT2D eigenvalue weighted by atomic mass is 9.97. The highest BCUT2D eigenvalue weighted by atomic mass is 19.4. The summed E-state index contributed by atoms with van der Waals surface area (Å²) in [6, 6.07) is 0. The fourth-order valence-corrected chi connectivity index (χ4v) is 2.90. The first kappa shape index (κ1) is 40.9. The van der Waals surface area contributed by atoms with Crippen molar-refractivity contribution in [3.05, 3.63) is 37.5 Å². The van der Waals surface area contributed by atoms with Crippen LogP contribution >= 0.6 is 0 Å². The van der Waals surface area contributed by atoms with Gasteiger partial charge in [-0.05, 0) is 0 Å². The van der Waals surface area contributed by atoms with Gasteiger partial charge in [-0.25, -0.2) is 9.59 Å². The van der Waals surface area contributed by atoms with Gasteiger partial charge in [-0.15, -0.1) is 13.2 Å². The minimum Gasteiger partial charge on any atom is -0.459 e. The molecule has 0 radical (unpaired) electrons. The van der Waals surface area contributed by atoms with Gasteiger partial charge in [0.05, 0.1) is 12.8 Å². The number of esters is 2. The summed E-state index contributed by atoms with van der Waals surface area (Å²) in [6.45, 7) is 5.82. The molecule has 0 fully saturated rings. The van der Waals surface area contributed by atoms with Crippen molar-refractivity contribution in [3.63, 3.8) is 0 Å². The highest BCUT2D eigenvalue weighted by Crippen LogP contribution is 2.55. The number of halogens is 18. The predicted molar refractivity (Wildman–Crippen MR) is 110 cm³/mol. The Kier molecular flexibility index (Phi) is 12.5. The minimum absolute atomic E-state index is 0.172. The molecule has 0 saturated carbocycles. The molecule has 0 amide bonds. The summed E-state index contributed by atoms with van der Waals surface area (Å²) in [5.41, 5.74) is 0. The Morgan fingerprint density at radius 1 is 0.500 bits per heavy atom. The number of hydrogen-bond acceptors (Lipinski definition) is 4. The molecule has 22 heteroatoms. The molecule has 0 spiro atoms. The Labute approximate surface area is 234 Å². The third kappa shape index (κ3) is 8.75. The van der Waals surface area contributed by atoms with E-state index >= 15 is 0 Å². The number of ether oxygens (including phenoxy) is 2. The van der Waals surface area contributed by atoms with Gasteiger partial charge in [0.25, 0.3) is 0 Å².